The Balaban J connectivity index is 0.000000160. The zero-order chi connectivity index (χ0) is 15.8. The molecule has 1 aliphatic heterocycles. The first kappa shape index (κ1) is 16.2. The number of carbonyl (C=O) groups excluding carboxylic acids is 1. The van der Waals surface area contributed by atoms with Crippen LogP contribution < -0.4 is 5.32 Å². The number of nitrogens with one attached hydrogen (secondary N) is 1. The average molecular weight is 317 g/mol. The van der Waals surface area contributed by atoms with Crippen molar-refractivity contribution in [3.63, 3.8) is 0 Å². The Kier molecular flexibility index (Phi) is 6.10. The summed E-state index contributed by atoms with van der Waals surface area (Å²) in [6.45, 7) is 1.70. The minimum atomic E-state index is -0.00722. The highest BCUT2D eigenvalue weighted by atomic mass is 32.1. The van der Waals surface area contributed by atoms with E-state index < -0.39 is 0 Å². The fraction of sp³-hybridized carbons (Fsp3) is 0.467. The van der Waals surface area contributed by atoms with Crippen LogP contribution in [0.2, 0.25) is 0 Å². The molecule has 0 aromatic carbocycles. The van der Waals surface area contributed by atoms with Gasteiger partial charge in [0.25, 0.3) is 0 Å². The minimum absolute atomic E-state index is 0.00722. The molecule has 0 radical (unpaired) electrons. The van der Waals surface area contributed by atoms with Crippen LogP contribution in [-0.2, 0) is 4.79 Å². The highest BCUT2D eigenvalue weighted by Gasteiger charge is 2.15. The number of piperidine rings is 1. The predicted octanol–water partition coefficient (Wildman–Crippen LogP) is 2.65. The maximum absolute atomic E-state index is 11.1. The van der Waals surface area contributed by atoms with Crippen LogP contribution in [-0.4, -0.2) is 40.9 Å². The molecule has 7 heteroatoms. The van der Waals surface area contributed by atoms with Gasteiger partial charge in [-0.25, -0.2) is 9.97 Å². The van der Waals surface area contributed by atoms with Gasteiger partial charge in [0, 0.05) is 20.1 Å². The topological polar surface area (TPSA) is 81.9 Å². The molecule has 3 rings (SSSR count). The van der Waals surface area contributed by atoms with Crippen LogP contribution in [0.1, 0.15) is 25.7 Å². The van der Waals surface area contributed by atoms with Crippen molar-refractivity contribution in [3.05, 3.63) is 17.8 Å². The van der Waals surface area contributed by atoms with Crippen molar-refractivity contribution in [2.45, 2.75) is 25.7 Å². The summed E-state index contributed by atoms with van der Waals surface area (Å²) in [5, 5.41) is 14.4. The maximum Gasteiger partial charge on any atom is 0.236 e. The number of amides is 1. The molecule has 1 fully saturated rings. The van der Waals surface area contributed by atoms with Gasteiger partial charge in [-0.1, -0.05) is 0 Å². The quantitative estimate of drug-likeness (QED) is 0.921. The Morgan fingerprint density at radius 1 is 1.41 bits per heavy atom. The van der Waals surface area contributed by atoms with Gasteiger partial charge in [0.1, 0.15) is 23.4 Å². The van der Waals surface area contributed by atoms with E-state index in [0.717, 1.165) is 42.0 Å². The lowest BCUT2D eigenvalue weighted by Crippen LogP contribution is -2.35. The molecule has 6 nitrogen and oxygen atoms in total. The van der Waals surface area contributed by atoms with E-state index in [1.165, 1.54) is 6.42 Å². The Morgan fingerprint density at radius 2 is 2.18 bits per heavy atom. The number of aromatic nitrogens is 2. The number of carbonyl (C=O) groups is 1. The number of nitrogens with zero attached hydrogens (tertiary/aromatic N) is 4. The number of nitriles is 1. The molecule has 22 heavy (non-hydrogen) atoms. The number of hydrogen-bond donors (Lipinski definition) is 1. The molecule has 0 saturated carbocycles. The normalized spacial score (nSPS) is 13.9. The summed E-state index contributed by atoms with van der Waals surface area (Å²) in [5.41, 5.74) is 0. The molecule has 0 aliphatic carbocycles. The van der Waals surface area contributed by atoms with Gasteiger partial charge in [-0.05, 0) is 30.7 Å². The van der Waals surface area contributed by atoms with Crippen molar-refractivity contribution in [2.75, 3.05) is 25.5 Å². The molecule has 3 heterocycles. The molecule has 1 saturated heterocycles. The van der Waals surface area contributed by atoms with Crippen LogP contribution in [0.3, 0.4) is 0 Å². The smallest absolute Gasteiger partial charge is 0.236 e. The lowest BCUT2D eigenvalue weighted by atomic mass is 10.1. The van der Waals surface area contributed by atoms with Crippen molar-refractivity contribution in [3.8, 4) is 6.07 Å². The summed E-state index contributed by atoms with van der Waals surface area (Å²) in [4.78, 5) is 22.1. The van der Waals surface area contributed by atoms with Gasteiger partial charge in [0.05, 0.1) is 11.5 Å². The molecule has 2 aromatic heterocycles. The van der Waals surface area contributed by atoms with Crippen LogP contribution in [0.4, 0.5) is 5.82 Å². The summed E-state index contributed by atoms with van der Waals surface area (Å²) in [7, 11) is 1.86. The Bertz CT molecular complexity index is 657. The largest absolute Gasteiger partial charge is 0.373 e. The zero-order valence-electron chi connectivity index (χ0n) is 12.6. The number of fused-ring (bicyclic) bond motifs is 1. The standard InChI is InChI=1S/C8H12N2O.C7H7N3S/c9-5-4-8(11)10-6-2-1-3-7-10;1-8-6-5-2-3-11-7(5)10-4-9-6/h1-4,6-7H2;2-4H,1H3,(H,8,9,10). The predicted molar refractivity (Wildman–Crippen MR) is 87.6 cm³/mol. The van der Waals surface area contributed by atoms with Gasteiger partial charge in [-0.3, -0.25) is 4.79 Å². The molecular weight excluding hydrogens is 298 g/mol. The summed E-state index contributed by atoms with van der Waals surface area (Å²) in [5.74, 6) is 0.892. The van der Waals surface area contributed by atoms with Gasteiger partial charge in [-0.2, -0.15) is 5.26 Å². The van der Waals surface area contributed by atoms with Crippen molar-refractivity contribution in [1.82, 2.24) is 14.9 Å². The summed E-state index contributed by atoms with van der Waals surface area (Å²) in [6.07, 6.45) is 5.02. The van der Waals surface area contributed by atoms with Gasteiger partial charge < -0.3 is 10.2 Å². The third kappa shape index (κ3) is 4.15. The molecule has 116 valence electrons. The third-order valence-electron chi connectivity index (χ3n) is 3.44. The second-order valence-electron chi connectivity index (χ2n) is 4.89. The first-order valence-electron chi connectivity index (χ1n) is 7.27. The Labute approximate surface area is 133 Å². The van der Waals surface area contributed by atoms with E-state index in [9.17, 15) is 4.79 Å². The zero-order valence-corrected chi connectivity index (χ0v) is 13.4. The molecule has 2 aromatic rings. The Morgan fingerprint density at radius 3 is 2.86 bits per heavy atom. The van der Waals surface area contributed by atoms with Crippen LogP contribution in [0.25, 0.3) is 10.2 Å². The van der Waals surface area contributed by atoms with E-state index >= 15 is 0 Å². The van der Waals surface area contributed by atoms with Crippen LogP contribution in [0.15, 0.2) is 17.8 Å². The van der Waals surface area contributed by atoms with E-state index in [1.807, 2.05) is 24.6 Å². The maximum atomic E-state index is 11.1. The molecule has 0 spiro atoms. The van der Waals surface area contributed by atoms with Gasteiger partial charge >= 0.3 is 0 Å². The average Bonchev–Trinajstić information content (AvgIpc) is 3.05. The van der Waals surface area contributed by atoms with Crippen LogP contribution in [0, 0.1) is 11.3 Å². The number of hydrogen-bond acceptors (Lipinski definition) is 6. The van der Waals surface area contributed by atoms with Gasteiger partial charge in [0.15, 0.2) is 0 Å². The van der Waals surface area contributed by atoms with E-state index in [-0.39, 0.29) is 12.3 Å². The van der Waals surface area contributed by atoms with Gasteiger partial charge in [-0.15, -0.1) is 11.3 Å². The van der Waals surface area contributed by atoms with E-state index in [4.69, 9.17) is 5.26 Å². The van der Waals surface area contributed by atoms with Crippen LogP contribution in [0.5, 0.6) is 0 Å². The molecule has 0 bridgehead atoms. The SMILES string of the molecule is CNc1ncnc2sccc12.N#CCC(=O)N1CCCCC1. The molecule has 0 unspecified atom stereocenters. The highest BCUT2D eigenvalue weighted by Crippen LogP contribution is 2.22. The third-order valence-corrected chi connectivity index (χ3v) is 4.26. The second-order valence-corrected chi connectivity index (χ2v) is 5.78. The molecule has 1 amide bonds. The summed E-state index contributed by atoms with van der Waals surface area (Å²) < 4.78 is 0. The molecular formula is C15H19N5OS. The number of anilines is 1. The minimum Gasteiger partial charge on any atom is -0.373 e. The van der Waals surface area contributed by atoms with E-state index in [1.54, 1.807) is 22.6 Å². The molecule has 1 N–H and O–H groups in total. The molecule has 1 aliphatic rings. The van der Waals surface area contributed by atoms with Gasteiger partial charge in [0.2, 0.25) is 5.91 Å². The number of likely N-dealkylation sites (tertiary alicyclic amines) is 1. The highest BCUT2D eigenvalue weighted by molar-refractivity contribution is 7.16. The monoisotopic (exact) mass is 317 g/mol. The molecule has 0 atom stereocenters. The lowest BCUT2D eigenvalue weighted by Gasteiger charge is -2.25. The van der Waals surface area contributed by atoms with Crippen molar-refractivity contribution in [2.24, 2.45) is 0 Å². The second kappa shape index (κ2) is 8.29. The number of rotatable bonds is 2. The summed E-state index contributed by atoms with van der Waals surface area (Å²) in [6, 6.07) is 3.89. The first-order valence-corrected chi connectivity index (χ1v) is 8.15. The van der Waals surface area contributed by atoms with E-state index in [0.29, 0.717) is 0 Å². The summed E-state index contributed by atoms with van der Waals surface area (Å²) >= 11 is 1.63. The van der Waals surface area contributed by atoms with Crippen molar-refractivity contribution >= 4 is 33.3 Å². The van der Waals surface area contributed by atoms with Crippen LogP contribution >= 0.6 is 11.3 Å². The fourth-order valence-corrected chi connectivity index (χ4v) is 3.04. The lowest BCUT2D eigenvalue weighted by molar-refractivity contribution is -0.130. The van der Waals surface area contributed by atoms with E-state index in [2.05, 4.69) is 15.3 Å². The fourth-order valence-electron chi connectivity index (χ4n) is 2.31. The first-order chi connectivity index (χ1) is 10.8. The Hall–Kier alpha value is -2.20. The van der Waals surface area contributed by atoms with Crippen molar-refractivity contribution < 1.29 is 4.79 Å². The van der Waals surface area contributed by atoms with Crippen molar-refractivity contribution in [1.29, 1.82) is 5.26 Å². The number of thiophene rings is 1.